The van der Waals surface area contributed by atoms with Crippen molar-refractivity contribution in [3.05, 3.63) is 65.2 Å². The van der Waals surface area contributed by atoms with E-state index in [9.17, 15) is 4.79 Å². The SMILES string of the molecule is CCC(NC(=O)CCCOc1ccccc1)c1ccc(Cl)cc1. The summed E-state index contributed by atoms with van der Waals surface area (Å²) in [5.74, 6) is 0.879. The maximum Gasteiger partial charge on any atom is 0.220 e. The van der Waals surface area contributed by atoms with Crippen LogP contribution in [0.4, 0.5) is 0 Å². The molecule has 122 valence electrons. The summed E-state index contributed by atoms with van der Waals surface area (Å²) in [4.78, 5) is 12.1. The highest BCUT2D eigenvalue weighted by Crippen LogP contribution is 2.19. The molecule has 0 bridgehead atoms. The van der Waals surface area contributed by atoms with Crippen molar-refractivity contribution in [2.24, 2.45) is 0 Å². The lowest BCUT2D eigenvalue weighted by Crippen LogP contribution is -2.28. The molecule has 0 heterocycles. The van der Waals surface area contributed by atoms with Crippen molar-refractivity contribution in [1.29, 1.82) is 0 Å². The number of para-hydroxylation sites is 1. The number of ether oxygens (including phenoxy) is 1. The normalized spacial score (nSPS) is 11.7. The van der Waals surface area contributed by atoms with E-state index < -0.39 is 0 Å². The zero-order chi connectivity index (χ0) is 16.5. The first kappa shape index (κ1) is 17.4. The summed E-state index contributed by atoms with van der Waals surface area (Å²) in [6.45, 7) is 2.59. The van der Waals surface area contributed by atoms with E-state index in [4.69, 9.17) is 16.3 Å². The van der Waals surface area contributed by atoms with Gasteiger partial charge in [-0.2, -0.15) is 0 Å². The third-order valence-corrected chi connectivity index (χ3v) is 3.83. The number of carbonyl (C=O) groups excluding carboxylic acids is 1. The van der Waals surface area contributed by atoms with Crippen LogP contribution in [0, 0.1) is 0 Å². The molecule has 0 radical (unpaired) electrons. The second kappa shape index (κ2) is 9.21. The van der Waals surface area contributed by atoms with Crippen molar-refractivity contribution >= 4 is 17.5 Å². The van der Waals surface area contributed by atoms with Crippen molar-refractivity contribution in [3.63, 3.8) is 0 Å². The summed E-state index contributed by atoms with van der Waals surface area (Å²) < 4.78 is 5.59. The molecule has 3 nitrogen and oxygen atoms in total. The summed E-state index contributed by atoms with van der Waals surface area (Å²) in [6, 6.07) is 17.3. The number of hydrogen-bond donors (Lipinski definition) is 1. The van der Waals surface area contributed by atoms with Crippen LogP contribution in [0.25, 0.3) is 0 Å². The van der Waals surface area contributed by atoms with Crippen LogP contribution in [-0.2, 0) is 4.79 Å². The Bertz CT molecular complexity index is 599. The molecule has 0 saturated heterocycles. The molecule has 0 spiro atoms. The molecule has 1 atom stereocenters. The number of rotatable bonds is 8. The van der Waals surface area contributed by atoms with Crippen molar-refractivity contribution in [1.82, 2.24) is 5.32 Å². The Morgan fingerprint density at radius 3 is 2.48 bits per heavy atom. The average Bonchev–Trinajstić information content (AvgIpc) is 2.58. The van der Waals surface area contributed by atoms with Crippen LogP contribution in [0.3, 0.4) is 0 Å². The minimum atomic E-state index is 0.0230. The van der Waals surface area contributed by atoms with Gasteiger partial charge in [-0.15, -0.1) is 0 Å². The van der Waals surface area contributed by atoms with Gasteiger partial charge in [-0.3, -0.25) is 4.79 Å². The van der Waals surface area contributed by atoms with Gasteiger partial charge >= 0.3 is 0 Å². The van der Waals surface area contributed by atoms with Gasteiger partial charge in [-0.1, -0.05) is 48.9 Å². The molecule has 0 aromatic heterocycles. The summed E-state index contributed by atoms with van der Waals surface area (Å²) in [6.07, 6.45) is 1.99. The molecule has 1 amide bonds. The predicted molar refractivity (Wildman–Crippen MR) is 93.8 cm³/mol. The van der Waals surface area contributed by atoms with Gasteiger partial charge in [0.15, 0.2) is 0 Å². The van der Waals surface area contributed by atoms with Gasteiger partial charge in [0.25, 0.3) is 0 Å². The zero-order valence-corrected chi connectivity index (χ0v) is 14.1. The van der Waals surface area contributed by atoms with Crippen molar-refractivity contribution in [2.75, 3.05) is 6.61 Å². The van der Waals surface area contributed by atoms with Gasteiger partial charge in [0.05, 0.1) is 12.6 Å². The van der Waals surface area contributed by atoms with Crippen LogP contribution < -0.4 is 10.1 Å². The first-order valence-electron chi connectivity index (χ1n) is 7.91. The van der Waals surface area contributed by atoms with Gasteiger partial charge in [0.1, 0.15) is 5.75 Å². The van der Waals surface area contributed by atoms with E-state index >= 15 is 0 Å². The Labute approximate surface area is 142 Å². The molecule has 2 aromatic rings. The average molecular weight is 332 g/mol. The molecule has 4 heteroatoms. The molecule has 1 N–H and O–H groups in total. The largest absolute Gasteiger partial charge is 0.494 e. The van der Waals surface area contributed by atoms with Gasteiger partial charge in [0, 0.05) is 11.4 Å². The third-order valence-electron chi connectivity index (χ3n) is 3.58. The van der Waals surface area contributed by atoms with Crippen molar-refractivity contribution < 1.29 is 9.53 Å². The number of nitrogens with one attached hydrogen (secondary N) is 1. The Morgan fingerprint density at radius 2 is 1.83 bits per heavy atom. The Balaban J connectivity index is 1.73. The molecule has 23 heavy (non-hydrogen) atoms. The highest BCUT2D eigenvalue weighted by molar-refractivity contribution is 6.30. The maximum atomic E-state index is 12.1. The minimum Gasteiger partial charge on any atom is -0.494 e. The minimum absolute atomic E-state index is 0.0230. The Hall–Kier alpha value is -2.00. The standard InChI is InChI=1S/C19H22ClNO2/c1-2-18(15-10-12-16(20)13-11-15)21-19(22)9-6-14-23-17-7-4-3-5-8-17/h3-5,7-8,10-13,18H,2,6,9,14H2,1H3,(H,21,22). The quantitative estimate of drug-likeness (QED) is 0.708. The number of amides is 1. The van der Waals surface area contributed by atoms with Crippen molar-refractivity contribution in [3.8, 4) is 5.75 Å². The van der Waals surface area contributed by atoms with E-state index in [0.29, 0.717) is 24.5 Å². The summed E-state index contributed by atoms with van der Waals surface area (Å²) in [7, 11) is 0. The molecule has 0 saturated carbocycles. The maximum absolute atomic E-state index is 12.1. The van der Waals surface area contributed by atoms with Gasteiger partial charge in [0.2, 0.25) is 5.91 Å². The van der Waals surface area contributed by atoms with Gasteiger partial charge < -0.3 is 10.1 Å². The predicted octanol–water partition coefficient (Wildman–Crippen LogP) is 4.77. The van der Waals surface area contributed by atoms with E-state index in [1.807, 2.05) is 54.6 Å². The molecule has 0 fully saturated rings. The summed E-state index contributed by atoms with van der Waals surface area (Å²) >= 11 is 5.90. The van der Waals surface area contributed by atoms with Crippen LogP contribution in [0.5, 0.6) is 5.75 Å². The van der Waals surface area contributed by atoms with Crippen LogP contribution in [0.1, 0.15) is 37.8 Å². The molecule has 0 aliphatic heterocycles. The van der Waals surface area contributed by atoms with Gasteiger partial charge in [-0.05, 0) is 42.7 Å². The fourth-order valence-corrected chi connectivity index (χ4v) is 2.45. The summed E-state index contributed by atoms with van der Waals surface area (Å²) in [5, 5.41) is 3.77. The Kier molecular flexibility index (Phi) is 6.95. The monoisotopic (exact) mass is 331 g/mol. The van der Waals surface area contributed by atoms with E-state index in [0.717, 1.165) is 17.7 Å². The topological polar surface area (TPSA) is 38.3 Å². The highest BCUT2D eigenvalue weighted by atomic mass is 35.5. The van der Waals surface area contributed by atoms with Gasteiger partial charge in [-0.25, -0.2) is 0 Å². The number of benzene rings is 2. The first-order chi connectivity index (χ1) is 11.2. The lowest BCUT2D eigenvalue weighted by Gasteiger charge is -2.17. The zero-order valence-electron chi connectivity index (χ0n) is 13.3. The molecule has 0 aliphatic carbocycles. The van der Waals surface area contributed by atoms with Crippen LogP contribution in [0.15, 0.2) is 54.6 Å². The summed E-state index contributed by atoms with van der Waals surface area (Å²) in [5.41, 5.74) is 1.07. The lowest BCUT2D eigenvalue weighted by atomic mass is 10.0. The van der Waals surface area contributed by atoms with Crippen LogP contribution in [-0.4, -0.2) is 12.5 Å². The van der Waals surface area contributed by atoms with E-state index in [1.165, 1.54) is 0 Å². The van der Waals surface area contributed by atoms with E-state index in [1.54, 1.807) is 0 Å². The molecule has 2 aromatic carbocycles. The second-order valence-electron chi connectivity index (χ2n) is 5.34. The first-order valence-corrected chi connectivity index (χ1v) is 8.29. The highest BCUT2D eigenvalue weighted by Gasteiger charge is 2.12. The molecule has 2 rings (SSSR count). The number of carbonyl (C=O) groups is 1. The molecular formula is C19H22ClNO2. The van der Waals surface area contributed by atoms with Crippen LogP contribution >= 0.6 is 11.6 Å². The number of hydrogen-bond acceptors (Lipinski definition) is 2. The Morgan fingerprint density at radius 1 is 1.13 bits per heavy atom. The van der Waals surface area contributed by atoms with E-state index in [-0.39, 0.29) is 11.9 Å². The van der Waals surface area contributed by atoms with E-state index in [2.05, 4.69) is 12.2 Å². The lowest BCUT2D eigenvalue weighted by molar-refractivity contribution is -0.122. The third kappa shape index (κ3) is 5.95. The fourth-order valence-electron chi connectivity index (χ4n) is 2.32. The van der Waals surface area contributed by atoms with Crippen LogP contribution in [0.2, 0.25) is 5.02 Å². The molecular weight excluding hydrogens is 310 g/mol. The van der Waals surface area contributed by atoms with Crippen molar-refractivity contribution in [2.45, 2.75) is 32.2 Å². The molecule has 1 unspecified atom stereocenters. The fraction of sp³-hybridized carbons (Fsp3) is 0.316. The molecule has 0 aliphatic rings. The number of halogens is 1. The smallest absolute Gasteiger partial charge is 0.220 e. The second-order valence-corrected chi connectivity index (χ2v) is 5.78.